The molecule has 1 aromatic heterocycles. The molecule has 0 atom stereocenters. The summed E-state index contributed by atoms with van der Waals surface area (Å²) in [6.07, 6.45) is 10.1. The van der Waals surface area contributed by atoms with Crippen LogP contribution in [0.4, 0.5) is 5.82 Å². The molecule has 1 aromatic rings. The predicted octanol–water partition coefficient (Wildman–Crippen LogP) is 4.16. The Labute approximate surface area is 105 Å². The SMILES string of the molecule is CCCC1CCC(Nc2ccc(C)cn2)CC1. The first-order valence-electron chi connectivity index (χ1n) is 6.97. The molecule has 0 aromatic carbocycles. The average molecular weight is 232 g/mol. The first-order chi connectivity index (χ1) is 8.28. The van der Waals surface area contributed by atoms with Crippen molar-refractivity contribution in [3.05, 3.63) is 23.9 Å². The maximum Gasteiger partial charge on any atom is 0.126 e. The van der Waals surface area contributed by atoms with Crippen LogP contribution in [-0.2, 0) is 0 Å². The molecule has 2 rings (SSSR count). The van der Waals surface area contributed by atoms with E-state index in [1.165, 1.54) is 44.1 Å². The lowest BCUT2D eigenvalue weighted by Gasteiger charge is -2.29. The molecular weight excluding hydrogens is 208 g/mol. The normalized spacial score (nSPS) is 24.6. The van der Waals surface area contributed by atoms with Crippen molar-refractivity contribution < 1.29 is 0 Å². The molecule has 0 aliphatic heterocycles. The molecular formula is C15H24N2. The minimum absolute atomic E-state index is 0.637. The molecule has 1 saturated carbocycles. The second kappa shape index (κ2) is 6.04. The quantitative estimate of drug-likeness (QED) is 0.843. The van der Waals surface area contributed by atoms with Crippen LogP contribution in [0.3, 0.4) is 0 Å². The third-order valence-electron chi connectivity index (χ3n) is 3.81. The Bertz CT molecular complexity index is 323. The summed E-state index contributed by atoms with van der Waals surface area (Å²) in [4.78, 5) is 4.42. The topological polar surface area (TPSA) is 24.9 Å². The van der Waals surface area contributed by atoms with E-state index in [1.807, 2.05) is 6.20 Å². The lowest BCUT2D eigenvalue weighted by molar-refractivity contribution is 0.318. The van der Waals surface area contributed by atoms with E-state index in [1.54, 1.807) is 0 Å². The highest BCUT2D eigenvalue weighted by molar-refractivity contribution is 5.36. The van der Waals surface area contributed by atoms with Crippen LogP contribution in [0.1, 0.15) is 51.0 Å². The molecule has 17 heavy (non-hydrogen) atoms. The fraction of sp³-hybridized carbons (Fsp3) is 0.667. The number of rotatable bonds is 4. The van der Waals surface area contributed by atoms with Crippen LogP contribution < -0.4 is 5.32 Å². The number of hydrogen-bond donors (Lipinski definition) is 1. The largest absolute Gasteiger partial charge is 0.367 e. The number of hydrogen-bond acceptors (Lipinski definition) is 2. The van der Waals surface area contributed by atoms with E-state index < -0.39 is 0 Å². The van der Waals surface area contributed by atoms with E-state index in [0.717, 1.165) is 11.7 Å². The second-order valence-electron chi connectivity index (χ2n) is 5.37. The minimum atomic E-state index is 0.637. The summed E-state index contributed by atoms with van der Waals surface area (Å²) in [5.41, 5.74) is 1.22. The van der Waals surface area contributed by atoms with Gasteiger partial charge in [-0.15, -0.1) is 0 Å². The molecule has 0 radical (unpaired) electrons. The molecule has 1 aliphatic rings. The van der Waals surface area contributed by atoms with E-state index in [0.29, 0.717) is 6.04 Å². The summed E-state index contributed by atoms with van der Waals surface area (Å²) in [5.74, 6) is 2.01. The minimum Gasteiger partial charge on any atom is -0.367 e. The lowest BCUT2D eigenvalue weighted by atomic mass is 9.83. The summed E-state index contributed by atoms with van der Waals surface area (Å²) in [6, 6.07) is 4.85. The van der Waals surface area contributed by atoms with Crippen LogP contribution in [0, 0.1) is 12.8 Å². The van der Waals surface area contributed by atoms with Gasteiger partial charge < -0.3 is 5.32 Å². The fourth-order valence-corrected chi connectivity index (χ4v) is 2.77. The fourth-order valence-electron chi connectivity index (χ4n) is 2.77. The van der Waals surface area contributed by atoms with Crippen LogP contribution in [-0.4, -0.2) is 11.0 Å². The summed E-state index contributed by atoms with van der Waals surface area (Å²) in [6.45, 7) is 4.37. The highest BCUT2D eigenvalue weighted by Crippen LogP contribution is 2.29. The molecule has 0 bridgehead atoms. The molecule has 1 fully saturated rings. The number of pyridine rings is 1. The number of nitrogens with one attached hydrogen (secondary N) is 1. The Balaban J connectivity index is 1.79. The van der Waals surface area contributed by atoms with Crippen LogP contribution in [0.25, 0.3) is 0 Å². The molecule has 2 nitrogen and oxygen atoms in total. The van der Waals surface area contributed by atoms with E-state index in [4.69, 9.17) is 0 Å². The van der Waals surface area contributed by atoms with Gasteiger partial charge in [0.25, 0.3) is 0 Å². The third kappa shape index (κ3) is 3.72. The van der Waals surface area contributed by atoms with Crippen LogP contribution in [0.2, 0.25) is 0 Å². The van der Waals surface area contributed by atoms with Crippen molar-refractivity contribution in [1.82, 2.24) is 4.98 Å². The molecule has 1 N–H and O–H groups in total. The molecule has 0 amide bonds. The van der Waals surface area contributed by atoms with Crippen LogP contribution in [0.15, 0.2) is 18.3 Å². The van der Waals surface area contributed by atoms with Crippen LogP contribution in [0.5, 0.6) is 0 Å². The molecule has 1 heterocycles. The maximum absolute atomic E-state index is 4.42. The van der Waals surface area contributed by atoms with E-state index in [9.17, 15) is 0 Å². The zero-order chi connectivity index (χ0) is 12.1. The van der Waals surface area contributed by atoms with Gasteiger partial charge in [0, 0.05) is 12.2 Å². The zero-order valence-corrected chi connectivity index (χ0v) is 11.1. The monoisotopic (exact) mass is 232 g/mol. The summed E-state index contributed by atoms with van der Waals surface area (Å²) in [5, 5.41) is 3.56. The van der Waals surface area contributed by atoms with Crippen LogP contribution >= 0.6 is 0 Å². The van der Waals surface area contributed by atoms with Crippen molar-refractivity contribution in [2.75, 3.05) is 5.32 Å². The molecule has 2 heteroatoms. The summed E-state index contributed by atoms with van der Waals surface area (Å²) in [7, 11) is 0. The van der Waals surface area contributed by atoms with Gasteiger partial charge in [-0.1, -0.05) is 25.8 Å². The number of aromatic nitrogens is 1. The van der Waals surface area contributed by atoms with Crippen molar-refractivity contribution in [3.63, 3.8) is 0 Å². The van der Waals surface area contributed by atoms with Gasteiger partial charge in [-0.05, 0) is 50.2 Å². The zero-order valence-electron chi connectivity index (χ0n) is 11.1. The highest BCUT2D eigenvalue weighted by Gasteiger charge is 2.20. The first-order valence-corrected chi connectivity index (χ1v) is 6.97. The Hall–Kier alpha value is -1.05. The lowest BCUT2D eigenvalue weighted by Crippen LogP contribution is -2.26. The van der Waals surface area contributed by atoms with Crippen molar-refractivity contribution in [1.29, 1.82) is 0 Å². The summed E-state index contributed by atoms with van der Waals surface area (Å²) < 4.78 is 0. The van der Waals surface area contributed by atoms with Gasteiger partial charge in [-0.25, -0.2) is 4.98 Å². The van der Waals surface area contributed by atoms with Gasteiger partial charge in [0.05, 0.1) is 0 Å². The average Bonchev–Trinajstić information content (AvgIpc) is 2.35. The molecule has 0 saturated heterocycles. The van der Waals surface area contributed by atoms with Gasteiger partial charge in [0.15, 0.2) is 0 Å². The maximum atomic E-state index is 4.42. The number of anilines is 1. The standard InChI is InChI=1S/C15H24N2/c1-3-4-13-6-8-14(9-7-13)17-15-10-5-12(2)11-16-15/h5,10-11,13-14H,3-4,6-9H2,1-2H3,(H,16,17). The van der Waals surface area contributed by atoms with Gasteiger partial charge in [0.1, 0.15) is 5.82 Å². The van der Waals surface area contributed by atoms with Crippen molar-refractivity contribution in [2.45, 2.75) is 58.4 Å². The molecule has 1 aliphatic carbocycles. The van der Waals surface area contributed by atoms with Gasteiger partial charge in [-0.2, -0.15) is 0 Å². The Kier molecular flexibility index (Phi) is 4.41. The Morgan fingerprint density at radius 3 is 2.59 bits per heavy atom. The Morgan fingerprint density at radius 1 is 1.24 bits per heavy atom. The van der Waals surface area contributed by atoms with Crippen molar-refractivity contribution in [3.8, 4) is 0 Å². The molecule has 0 unspecified atom stereocenters. The highest BCUT2D eigenvalue weighted by atomic mass is 15.0. The predicted molar refractivity (Wildman–Crippen MR) is 73.3 cm³/mol. The Morgan fingerprint density at radius 2 is 2.00 bits per heavy atom. The number of nitrogens with zero attached hydrogens (tertiary/aromatic N) is 1. The first kappa shape index (κ1) is 12.4. The van der Waals surface area contributed by atoms with Gasteiger partial charge >= 0.3 is 0 Å². The van der Waals surface area contributed by atoms with Crippen molar-refractivity contribution in [2.24, 2.45) is 5.92 Å². The van der Waals surface area contributed by atoms with E-state index in [2.05, 4.69) is 36.3 Å². The second-order valence-corrected chi connectivity index (χ2v) is 5.37. The van der Waals surface area contributed by atoms with Gasteiger partial charge in [-0.3, -0.25) is 0 Å². The third-order valence-corrected chi connectivity index (χ3v) is 3.81. The van der Waals surface area contributed by atoms with E-state index >= 15 is 0 Å². The summed E-state index contributed by atoms with van der Waals surface area (Å²) >= 11 is 0. The molecule has 94 valence electrons. The van der Waals surface area contributed by atoms with Crippen molar-refractivity contribution >= 4 is 5.82 Å². The molecule has 0 spiro atoms. The number of aryl methyl sites for hydroxylation is 1. The van der Waals surface area contributed by atoms with Gasteiger partial charge in [0.2, 0.25) is 0 Å². The smallest absolute Gasteiger partial charge is 0.126 e. The van der Waals surface area contributed by atoms with E-state index in [-0.39, 0.29) is 0 Å².